The molecule has 8 heteroatoms. The SMILES string of the molecule is CS(=O)(=O)c1ccc(C2CC3(C2)CN(C(=O)N2CC4(CC(Cc5ccc(F)cc5F)C4)C2)C3)cc1. The zero-order valence-electron chi connectivity index (χ0n) is 19.8. The van der Waals surface area contributed by atoms with Gasteiger partial charge in [0.15, 0.2) is 9.84 Å². The highest BCUT2D eigenvalue weighted by molar-refractivity contribution is 7.90. The van der Waals surface area contributed by atoms with Crippen molar-refractivity contribution in [3.8, 4) is 0 Å². The Kier molecular flexibility index (Phi) is 5.09. The summed E-state index contributed by atoms with van der Waals surface area (Å²) >= 11 is 0. The highest BCUT2D eigenvalue weighted by Gasteiger charge is 2.58. The van der Waals surface area contributed by atoms with Crippen LogP contribution in [0.15, 0.2) is 47.4 Å². The van der Waals surface area contributed by atoms with Gasteiger partial charge in [-0.15, -0.1) is 0 Å². The Morgan fingerprint density at radius 3 is 2.03 bits per heavy atom. The van der Waals surface area contributed by atoms with Crippen molar-refractivity contribution in [2.24, 2.45) is 16.7 Å². The lowest BCUT2D eigenvalue weighted by molar-refractivity contribution is -0.1000. The van der Waals surface area contributed by atoms with Crippen LogP contribution in [-0.2, 0) is 16.3 Å². The van der Waals surface area contributed by atoms with E-state index < -0.39 is 21.5 Å². The third-order valence-corrected chi connectivity index (χ3v) is 9.88. The summed E-state index contributed by atoms with van der Waals surface area (Å²) in [7, 11) is -3.18. The molecule has 2 spiro atoms. The molecule has 35 heavy (non-hydrogen) atoms. The van der Waals surface area contributed by atoms with Crippen molar-refractivity contribution in [1.82, 2.24) is 9.80 Å². The molecule has 2 aliphatic heterocycles. The minimum atomic E-state index is -3.18. The van der Waals surface area contributed by atoms with E-state index in [4.69, 9.17) is 0 Å². The van der Waals surface area contributed by atoms with E-state index in [-0.39, 0.29) is 16.9 Å². The Hall–Kier alpha value is -2.48. The molecule has 0 N–H and O–H groups in total. The summed E-state index contributed by atoms with van der Waals surface area (Å²) in [5, 5.41) is 0. The quantitative estimate of drug-likeness (QED) is 0.616. The standard InChI is InChI=1S/C27H30F2N2O3S/c1-35(33,34)23-6-3-19(4-7-23)21-12-27(13-21)16-31(17-27)25(32)30-14-26(15-30)10-18(11-26)8-20-2-5-22(28)9-24(20)29/h2-7,9,18,21H,8,10-17H2,1H3. The van der Waals surface area contributed by atoms with Gasteiger partial charge < -0.3 is 9.80 Å². The monoisotopic (exact) mass is 500 g/mol. The largest absolute Gasteiger partial charge is 0.323 e. The first-order chi connectivity index (χ1) is 16.5. The molecular weight excluding hydrogens is 470 g/mol. The summed E-state index contributed by atoms with van der Waals surface area (Å²) in [6.07, 6.45) is 5.93. The minimum absolute atomic E-state index is 0.134. The Morgan fingerprint density at radius 1 is 0.914 bits per heavy atom. The van der Waals surface area contributed by atoms with Gasteiger partial charge in [0.25, 0.3) is 0 Å². The Bertz CT molecular complexity index is 1270. The molecule has 4 aliphatic rings. The van der Waals surface area contributed by atoms with Crippen LogP contribution in [0.25, 0.3) is 0 Å². The van der Waals surface area contributed by atoms with E-state index in [1.54, 1.807) is 18.2 Å². The van der Waals surface area contributed by atoms with Crippen LogP contribution in [0, 0.1) is 28.4 Å². The van der Waals surface area contributed by atoms with Crippen LogP contribution in [0.3, 0.4) is 0 Å². The van der Waals surface area contributed by atoms with Crippen LogP contribution in [-0.4, -0.2) is 56.7 Å². The molecule has 2 saturated carbocycles. The molecular formula is C27H30F2N2O3S. The molecule has 0 aromatic heterocycles. The number of amides is 2. The third kappa shape index (κ3) is 4.03. The maximum atomic E-state index is 13.9. The fraction of sp³-hybridized carbons (Fsp3) is 0.519. The van der Waals surface area contributed by atoms with Gasteiger partial charge in [-0.3, -0.25) is 0 Å². The topological polar surface area (TPSA) is 57.7 Å². The smallest absolute Gasteiger partial charge is 0.320 e. The fourth-order valence-corrected chi connectivity index (χ4v) is 7.66. The average molecular weight is 501 g/mol. The number of hydrogen-bond donors (Lipinski definition) is 0. The second kappa shape index (κ2) is 7.76. The number of carbonyl (C=O) groups excluding carboxylic acids is 1. The van der Waals surface area contributed by atoms with Gasteiger partial charge in [0.05, 0.1) is 4.90 Å². The summed E-state index contributed by atoms with van der Waals surface area (Å²) in [6.45, 7) is 3.18. The first kappa shape index (κ1) is 23.0. The van der Waals surface area contributed by atoms with Crippen LogP contribution in [0.5, 0.6) is 0 Å². The van der Waals surface area contributed by atoms with E-state index in [2.05, 4.69) is 0 Å². The van der Waals surface area contributed by atoms with Crippen molar-refractivity contribution in [1.29, 1.82) is 0 Å². The first-order valence-corrected chi connectivity index (χ1v) is 14.2. The summed E-state index contributed by atoms with van der Waals surface area (Å²) in [5.41, 5.74) is 2.17. The van der Waals surface area contributed by atoms with Gasteiger partial charge in [-0.2, -0.15) is 0 Å². The molecule has 0 radical (unpaired) electrons. The van der Waals surface area contributed by atoms with E-state index in [0.717, 1.165) is 57.9 Å². The second-order valence-corrected chi connectivity index (χ2v) is 13.7. The Balaban J connectivity index is 0.940. The van der Waals surface area contributed by atoms with Crippen molar-refractivity contribution in [3.63, 3.8) is 0 Å². The number of rotatable bonds is 4. The zero-order valence-corrected chi connectivity index (χ0v) is 20.7. The van der Waals surface area contributed by atoms with Crippen molar-refractivity contribution in [3.05, 3.63) is 65.2 Å². The number of benzene rings is 2. The van der Waals surface area contributed by atoms with Gasteiger partial charge in [-0.1, -0.05) is 18.2 Å². The van der Waals surface area contributed by atoms with Crippen LogP contribution in [0.1, 0.15) is 42.7 Å². The van der Waals surface area contributed by atoms with E-state index in [1.165, 1.54) is 17.9 Å². The minimum Gasteiger partial charge on any atom is -0.323 e. The predicted octanol–water partition coefficient (Wildman–Crippen LogP) is 4.62. The highest BCUT2D eigenvalue weighted by atomic mass is 32.2. The maximum absolute atomic E-state index is 13.9. The molecule has 186 valence electrons. The van der Waals surface area contributed by atoms with Gasteiger partial charge in [0, 0.05) is 49.3 Å². The van der Waals surface area contributed by atoms with Crippen LogP contribution in [0.4, 0.5) is 13.6 Å². The lowest BCUT2D eigenvalue weighted by Crippen LogP contribution is -2.70. The number of likely N-dealkylation sites (tertiary alicyclic amines) is 2. The van der Waals surface area contributed by atoms with Crippen molar-refractivity contribution in [2.45, 2.75) is 42.9 Å². The third-order valence-electron chi connectivity index (χ3n) is 8.75. The summed E-state index contributed by atoms with van der Waals surface area (Å²) in [5.74, 6) is -0.172. The molecule has 6 rings (SSSR count). The van der Waals surface area contributed by atoms with Gasteiger partial charge in [-0.05, 0) is 73.3 Å². The number of nitrogens with zero attached hydrogens (tertiary/aromatic N) is 2. The number of sulfone groups is 1. The van der Waals surface area contributed by atoms with Crippen LogP contribution >= 0.6 is 0 Å². The lowest BCUT2D eigenvalue weighted by atomic mass is 9.55. The summed E-state index contributed by atoms with van der Waals surface area (Å²) in [4.78, 5) is 17.2. The molecule has 2 amide bonds. The lowest BCUT2D eigenvalue weighted by Gasteiger charge is -2.63. The van der Waals surface area contributed by atoms with E-state index in [0.29, 0.717) is 28.7 Å². The van der Waals surface area contributed by atoms with E-state index in [9.17, 15) is 22.0 Å². The summed E-state index contributed by atoms with van der Waals surface area (Å²) < 4.78 is 50.3. The van der Waals surface area contributed by atoms with Gasteiger partial charge >= 0.3 is 6.03 Å². The predicted molar refractivity (Wildman–Crippen MR) is 128 cm³/mol. The zero-order chi connectivity index (χ0) is 24.6. The number of hydrogen-bond acceptors (Lipinski definition) is 3. The number of halogens is 2. The van der Waals surface area contributed by atoms with Crippen molar-refractivity contribution < 1.29 is 22.0 Å². The molecule has 2 aliphatic carbocycles. The number of urea groups is 1. The molecule has 2 heterocycles. The molecule has 2 saturated heterocycles. The fourth-order valence-electron chi connectivity index (χ4n) is 7.03. The van der Waals surface area contributed by atoms with Gasteiger partial charge in [0.2, 0.25) is 0 Å². The molecule has 5 nitrogen and oxygen atoms in total. The maximum Gasteiger partial charge on any atom is 0.320 e. The van der Waals surface area contributed by atoms with Gasteiger partial charge in [0.1, 0.15) is 11.6 Å². The van der Waals surface area contributed by atoms with E-state index in [1.807, 2.05) is 21.9 Å². The van der Waals surface area contributed by atoms with E-state index >= 15 is 0 Å². The molecule has 0 bridgehead atoms. The molecule has 2 aromatic rings. The first-order valence-electron chi connectivity index (χ1n) is 12.3. The van der Waals surface area contributed by atoms with Crippen LogP contribution in [0.2, 0.25) is 0 Å². The average Bonchev–Trinajstić information content (AvgIpc) is 2.67. The van der Waals surface area contributed by atoms with Crippen molar-refractivity contribution >= 4 is 15.9 Å². The Morgan fingerprint density at radius 2 is 1.49 bits per heavy atom. The van der Waals surface area contributed by atoms with Crippen LogP contribution < -0.4 is 0 Å². The molecule has 2 aromatic carbocycles. The normalized spacial score (nSPS) is 22.9. The molecule has 0 unspecified atom stereocenters. The molecule has 0 atom stereocenters. The summed E-state index contributed by atoms with van der Waals surface area (Å²) in [6, 6.07) is 11.2. The Labute approximate surface area is 205 Å². The van der Waals surface area contributed by atoms with Gasteiger partial charge in [-0.25, -0.2) is 22.0 Å². The number of carbonyl (C=O) groups is 1. The second-order valence-electron chi connectivity index (χ2n) is 11.7. The highest BCUT2D eigenvalue weighted by Crippen LogP contribution is 2.57. The van der Waals surface area contributed by atoms with Crippen molar-refractivity contribution in [2.75, 3.05) is 32.4 Å². The molecule has 4 fully saturated rings.